The van der Waals surface area contributed by atoms with Crippen LogP contribution in [-0.4, -0.2) is 38.4 Å². The zero-order valence-electron chi connectivity index (χ0n) is 16.4. The molecule has 1 aromatic rings. The molecular formula is C20H32ClNO4. The Balaban J connectivity index is 2.76. The number of hydrogen-bond donors (Lipinski definition) is 1. The lowest BCUT2D eigenvalue weighted by Gasteiger charge is -2.29. The molecule has 0 fully saturated rings. The van der Waals surface area contributed by atoms with Gasteiger partial charge in [-0.15, -0.1) is 0 Å². The topological polar surface area (TPSA) is 56.8 Å². The first-order chi connectivity index (χ1) is 12.5. The number of amides is 1. The Morgan fingerprint density at radius 2 is 1.92 bits per heavy atom. The minimum Gasteiger partial charge on any atom is -0.490 e. The average Bonchev–Trinajstić information content (AvgIpc) is 2.62. The maximum absolute atomic E-state index is 12.8. The summed E-state index contributed by atoms with van der Waals surface area (Å²) in [4.78, 5) is 12.8. The number of halogens is 1. The summed E-state index contributed by atoms with van der Waals surface area (Å²) in [6.45, 7) is 7.50. The SMILES string of the molecule is CCCCC[C@](C)(OCCC)C(=O)Nc1ccc(OCCOC)c(Cl)c1. The van der Waals surface area contributed by atoms with E-state index in [1.165, 1.54) is 0 Å². The van der Waals surface area contributed by atoms with Gasteiger partial charge in [0.05, 0.1) is 11.6 Å². The highest BCUT2D eigenvalue weighted by Crippen LogP contribution is 2.29. The van der Waals surface area contributed by atoms with Crippen molar-refractivity contribution in [1.82, 2.24) is 0 Å². The molecule has 1 amide bonds. The number of benzene rings is 1. The van der Waals surface area contributed by atoms with E-state index in [0.29, 0.717) is 42.7 Å². The molecule has 6 heteroatoms. The van der Waals surface area contributed by atoms with Crippen molar-refractivity contribution in [3.63, 3.8) is 0 Å². The van der Waals surface area contributed by atoms with Crippen molar-refractivity contribution in [3.8, 4) is 5.75 Å². The first-order valence-electron chi connectivity index (χ1n) is 9.33. The van der Waals surface area contributed by atoms with E-state index in [0.717, 1.165) is 25.7 Å². The van der Waals surface area contributed by atoms with E-state index in [1.54, 1.807) is 25.3 Å². The van der Waals surface area contributed by atoms with Crippen LogP contribution in [0.2, 0.25) is 5.02 Å². The standard InChI is InChI=1S/C20H32ClNO4/c1-5-7-8-11-20(3,26-12-6-2)19(23)22-16-9-10-18(17(21)15-16)25-14-13-24-4/h9-10,15H,5-8,11-14H2,1-4H3,(H,22,23)/t20-/m0/s1. The molecule has 5 nitrogen and oxygen atoms in total. The van der Waals surface area contributed by atoms with Gasteiger partial charge in [0.15, 0.2) is 0 Å². The number of hydrogen-bond acceptors (Lipinski definition) is 4. The molecule has 0 aliphatic rings. The molecule has 0 aliphatic carbocycles. The lowest BCUT2D eigenvalue weighted by molar-refractivity contribution is -0.140. The number of ether oxygens (including phenoxy) is 3. The van der Waals surface area contributed by atoms with E-state index in [-0.39, 0.29) is 5.91 Å². The molecule has 0 aromatic heterocycles. The predicted molar refractivity (Wildman–Crippen MR) is 106 cm³/mol. The zero-order valence-corrected chi connectivity index (χ0v) is 17.2. The van der Waals surface area contributed by atoms with Crippen molar-refractivity contribution in [3.05, 3.63) is 23.2 Å². The average molecular weight is 386 g/mol. The number of carbonyl (C=O) groups excluding carboxylic acids is 1. The van der Waals surface area contributed by atoms with Gasteiger partial charge < -0.3 is 19.5 Å². The van der Waals surface area contributed by atoms with E-state index in [4.69, 9.17) is 25.8 Å². The Hall–Kier alpha value is -1.30. The molecule has 1 aromatic carbocycles. The molecule has 1 rings (SSSR count). The molecule has 0 saturated heterocycles. The van der Waals surface area contributed by atoms with E-state index < -0.39 is 5.60 Å². The van der Waals surface area contributed by atoms with Crippen molar-refractivity contribution < 1.29 is 19.0 Å². The minimum absolute atomic E-state index is 0.147. The Morgan fingerprint density at radius 1 is 1.15 bits per heavy atom. The maximum Gasteiger partial charge on any atom is 0.256 e. The summed E-state index contributed by atoms with van der Waals surface area (Å²) in [6.07, 6.45) is 4.70. The normalized spacial score (nSPS) is 13.3. The lowest BCUT2D eigenvalue weighted by atomic mass is 9.96. The summed E-state index contributed by atoms with van der Waals surface area (Å²) in [6, 6.07) is 5.21. The van der Waals surface area contributed by atoms with E-state index >= 15 is 0 Å². The first kappa shape index (κ1) is 22.7. The molecule has 0 saturated carbocycles. The van der Waals surface area contributed by atoms with Gasteiger partial charge in [0.2, 0.25) is 0 Å². The molecule has 0 heterocycles. The molecule has 0 unspecified atom stereocenters. The van der Waals surface area contributed by atoms with Gasteiger partial charge in [-0.3, -0.25) is 4.79 Å². The summed E-state index contributed by atoms with van der Waals surface area (Å²) in [5, 5.41) is 3.37. The quantitative estimate of drug-likeness (QED) is 0.481. The number of anilines is 1. The van der Waals surface area contributed by atoms with Crippen LogP contribution >= 0.6 is 11.6 Å². The smallest absolute Gasteiger partial charge is 0.256 e. The maximum atomic E-state index is 12.8. The Bertz CT molecular complexity index is 553. The largest absolute Gasteiger partial charge is 0.490 e. The Labute approximate surface area is 162 Å². The summed E-state index contributed by atoms with van der Waals surface area (Å²) in [5.41, 5.74) is -0.216. The molecule has 0 aliphatic heterocycles. The van der Waals surface area contributed by atoms with Gasteiger partial charge in [-0.2, -0.15) is 0 Å². The third-order valence-corrected chi connectivity index (χ3v) is 4.39. The second-order valence-corrected chi connectivity index (χ2v) is 6.88. The van der Waals surface area contributed by atoms with Crippen LogP contribution in [0.1, 0.15) is 52.9 Å². The molecule has 0 radical (unpaired) electrons. The van der Waals surface area contributed by atoms with Gasteiger partial charge in [0.25, 0.3) is 5.91 Å². The van der Waals surface area contributed by atoms with Gasteiger partial charge in [-0.05, 0) is 38.0 Å². The van der Waals surface area contributed by atoms with Gasteiger partial charge in [-0.1, -0.05) is 44.7 Å². The first-order valence-corrected chi connectivity index (χ1v) is 9.71. The minimum atomic E-state index is -0.842. The van der Waals surface area contributed by atoms with Crippen molar-refractivity contribution in [2.24, 2.45) is 0 Å². The van der Waals surface area contributed by atoms with Gasteiger partial charge in [-0.25, -0.2) is 0 Å². The fourth-order valence-corrected chi connectivity index (χ4v) is 2.72. The monoisotopic (exact) mass is 385 g/mol. The fourth-order valence-electron chi connectivity index (χ4n) is 2.48. The highest BCUT2D eigenvalue weighted by molar-refractivity contribution is 6.32. The van der Waals surface area contributed by atoms with Crippen LogP contribution in [0.5, 0.6) is 5.75 Å². The van der Waals surface area contributed by atoms with E-state index in [2.05, 4.69) is 12.2 Å². The number of methoxy groups -OCH3 is 1. The Kier molecular flexibility index (Phi) is 10.6. The van der Waals surface area contributed by atoms with Crippen LogP contribution in [0.4, 0.5) is 5.69 Å². The molecule has 0 spiro atoms. The van der Waals surface area contributed by atoms with Crippen LogP contribution in [0.25, 0.3) is 0 Å². The molecule has 1 atom stereocenters. The van der Waals surface area contributed by atoms with Crippen LogP contribution in [0, 0.1) is 0 Å². The third-order valence-electron chi connectivity index (χ3n) is 4.10. The predicted octanol–water partition coefficient (Wildman–Crippen LogP) is 5.07. The number of nitrogens with one attached hydrogen (secondary N) is 1. The number of unbranched alkanes of at least 4 members (excludes halogenated alkanes) is 2. The zero-order chi connectivity index (χ0) is 19.4. The summed E-state index contributed by atoms with van der Waals surface area (Å²) in [5.74, 6) is 0.417. The summed E-state index contributed by atoms with van der Waals surface area (Å²) >= 11 is 6.24. The van der Waals surface area contributed by atoms with Crippen molar-refractivity contribution >= 4 is 23.2 Å². The number of carbonyl (C=O) groups is 1. The van der Waals surface area contributed by atoms with Crippen LogP contribution in [-0.2, 0) is 14.3 Å². The van der Waals surface area contributed by atoms with Crippen molar-refractivity contribution in [2.75, 3.05) is 32.2 Å². The second kappa shape index (κ2) is 12.2. The highest BCUT2D eigenvalue weighted by Gasteiger charge is 2.33. The second-order valence-electron chi connectivity index (χ2n) is 6.48. The van der Waals surface area contributed by atoms with Gasteiger partial charge >= 0.3 is 0 Å². The summed E-state index contributed by atoms with van der Waals surface area (Å²) in [7, 11) is 1.61. The van der Waals surface area contributed by atoms with E-state index in [9.17, 15) is 4.79 Å². The van der Waals surface area contributed by atoms with Gasteiger partial charge in [0, 0.05) is 19.4 Å². The fraction of sp³-hybridized carbons (Fsp3) is 0.650. The molecule has 26 heavy (non-hydrogen) atoms. The van der Waals surface area contributed by atoms with Crippen molar-refractivity contribution in [1.29, 1.82) is 0 Å². The molecule has 1 N–H and O–H groups in total. The van der Waals surface area contributed by atoms with Gasteiger partial charge in [0.1, 0.15) is 18.0 Å². The molecule has 148 valence electrons. The van der Waals surface area contributed by atoms with Crippen LogP contribution in [0.3, 0.4) is 0 Å². The lowest BCUT2D eigenvalue weighted by Crippen LogP contribution is -2.43. The van der Waals surface area contributed by atoms with Crippen molar-refractivity contribution in [2.45, 2.75) is 58.5 Å². The molecule has 0 bridgehead atoms. The number of rotatable bonds is 13. The summed E-state index contributed by atoms with van der Waals surface area (Å²) < 4.78 is 16.4. The Morgan fingerprint density at radius 3 is 2.54 bits per heavy atom. The molecular weight excluding hydrogens is 354 g/mol. The highest BCUT2D eigenvalue weighted by atomic mass is 35.5. The van der Waals surface area contributed by atoms with Crippen LogP contribution < -0.4 is 10.1 Å². The van der Waals surface area contributed by atoms with Crippen LogP contribution in [0.15, 0.2) is 18.2 Å². The van der Waals surface area contributed by atoms with E-state index in [1.807, 2.05) is 13.8 Å². The third kappa shape index (κ3) is 7.52.